The van der Waals surface area contributed by atoms with Crippen LogP contribution < -0.4 is 5.32 Å². The van der Waals surface area contributed by atoms with E-state index in [0.29, 0.717) is 5.92 Å². The van der Waals surface area contributed by atoms with Gasteiger partial charge in [0.15, 0.2) is 0 Å². The van der Waals surface area contributed by atoms with Gasteiger partial charge >= 0.3 is 0 Å². The quantitative estimate of drug-likeness (QED) is 0.753. The normalized spacial score (nSPS) is 11.6. The van der Waals surface area contributed by atoms with Crippen LogP contribution in [-0.2, 0) is 13.0 Å². The van der Waals surface area contributed by atoms with E-state index in [1.165, 1.54) is 15.8 Å². The first-order valence-electron chi connectivity index (χ1n) is 7.02. The lowest BCUT2D eigenvalue weighted by atomic mass is 10.00. The van der Waals surface area contributed by atoms with Crippen molar-refractivity contribution >= 4 is 21.4 Å². The predicted molar refractivity (Wildman–Crippen MR) is 82.3 cm³/mol. The van der Waals surface area contributed by atoms with E-state index in [9.17, 15) is 4.39 Å². The Balaban J connectivity index is 2.36. The summed E-state index contributed by atoms with van der Waals surface area (Å²) in [5, 5.41) is 4.69. The number of nitrogens with one attached hydrogen (secondary N) is 1. The standard InChI is InChI=1S/C16H22FNS/c1-4-7-18-10-16-14(8-11(2)3)13-6-5-12(17)9-15(13)19-16/h5-6,9,11,18H,4,7-8,10H2,1-3H3. The fourth-order valence-electron chi connectivity index (χ4n) is 2.33. The average Bonchev–Trinajstić information content (AvgIpc) is 2.66. The minimum atomic E-state index is -0.141. The molecule has 0 fully saturated rings. The number of rotatable bonds is 6. The van der Waals surface area contributed by atoms with Crippen molar-refractivity contribution in [2.75, 3.05) is 6.54 Å². The maximum absolute atomic E-state index is 13.3. The third-order valence-electron chi connectivity index (χ3n) is 3.16. The largest absolute Gasteiger partial charge is 0.312 e. The molecule has 0 aliphatic carbocycles. The molecule has 2 rings (SSSR count). The third-order valence-corrected chi connectivity index (χ3v) is 4.36. The molecule has 3 heteroatoms. The molecule has 0 aliphatic heterocycles. The van der Waals surface area contributed by atoms with Gasteiger partial charge in [-0.2, -0.15) is 0 Å². The molecule has 1 nitrogen and oxygen atoms in total. The van der Waals surface area contributed by atoms with Gasteiger partial charge in [-0.25, -0.2) is 4.39 Å². The summed E-state index contributed by atoms with van der Waals surface area (Å²) in [6.45, 7) is 8.56. The SMILES string of the molecule is CCCNCc1sc2cc(F)ccc2c1CC(C)C. The number of hydrogen-bond acceptors (Lipinski definition) is 2. The maximum atomic E-state index is 13.3. The summed E-state index contributed by atoms with van der Waals surface area (Å²) in [7, 11) is 0. The number of thiophene rings is 1. The highest BCUT2D eigenvalue weighted by atomic mass is 32.1. The molecule has 1 aromatic carbocycles. The van der Waals surface area contributed by atoms with E-state index < -0.39 is 0 Å². The molecule has 0 atom stereocenters. The lowest BCUT2D eigenvalue weighted by Crippen LogP contribution is -2.14. The van der Waals surface area contributed by atoms with Crippen molar-refractivity contribution in [3.63, 3.8) is 0 Å². The van der Waals surface area contributed by atoms with Crippen molar-refractivity contribution in [2.24, 2.45) is 5.92 Å². The molecule has 0 aliphatic rings. The highest BCUT2D eigenvalue weighted by Gasteiger charge is 2.13. The monoisotopic (exact) mass is 279 g/mol. The summed E-state index contributed by atoms with van der Waals surface area (Å²) >= 11 is 1.73. The van der Waals surface area contributed by atoms with Gasteiger partial charge in [-0.15, -0.1) is 11.3 Å². The summed E-state index contributed by atoms with van der Waals surface area (Å²) < 4.78 is 14.4. The Morgan fingerprint density at radius 2 is 2.11 bits per heavy atom. The molecule has 0 saturated heterocycles. The molecule has 0 saturated carbocycles. The number of benzene rings is 1. The van der Waals surface area contributed by atoms with E-state index in [0.717, 1.165) is 30.6 Å². The van der Waals surface area contributed by atoms with E-state index >= 15 is 0 Å². The van der Waals surface area contributed by atoms with Crippen molar-refractivity contribution in [3.8, 4) is 0 Å². The Kier molecular flexibility index (Phi) is 4.94. The van der Waals surface area contributed by atoms with E-state index in [2.05, 4.69) is 26.1 Å². The van der Waals surface area contributed by atoms with Crippen LogP contribution in [0.3, 0.4) is 0 Å². The first-order chi connectivity index (χ1) is 9.11. The topological polar surface area (TPSA) is 12.0 Å². The molecule has 0 unspecified atom stereocenters. The van der Waals surface area contributed by atoms with Crippen molar-refractivity contribution in [1.29, 1.82) is 0 Å². The first-order valence-corrected chi connectivity index (χ1v) is 7.84. The summed E-state index contributed by atoms with van der Waals surface area (Å²) in [6.07, 6.45) is 2.20. The zero-order valence-corrected chi connectivity index (χ0v) is 12.7. The van der Waals surface area contributed by atoms with Crippen LogP contribution in [0, 0.1) is 11.7 Å². The van der Waals surface area contributed by atoms with Crippen LogP contribution in [0.1, 0.15) is 37.6 Å². The second-order valence-corrected chi connectivity index (χ2v) is 6.56. The van der Waals surface area contributed by atoms with Crippen LogP contribution in [0.5, 0.6) is 0 Å². The fraction of sp³-hybridized carbons (Fsp3) is 0.500. The number of fused-ring (bicyclic) bond motifs is 1. The van der Waals surface area contributed by atoms with E-state index in [-0.39, 0.29) is 5.82 Å². The van der Waals surface area contributed by atoms with Gasteiger partial charge in [0.2, 0.25) is 0 Å². The van der Waals surface area contributed by atoms with Gasteiger partial charge < -0.3 is 5.32 Å². The van der Waals surface area contributed by atoms with E-state index in [4.69, 9.17) is 0 Å². The van der Waals surface area contributed by atoms with Crippen LogP contribution in [0.25, 0.3) is 10.1 Å². The summed E-state index contributed by atoms with van der Waals surface area (Å²) in [6, 6.07) is 5.16. The lowest BCUT2D eigenvalue weighted by molar-refractivity contribution is 0.629. The Morgan fingerprint density at radius 3 is 2.79 bits per heavy atom. The molecule has 0 bridgehead atoms. The molecule has 1 N–H and O–H groups in total. The van der Waals surface area contributed by atoms with Crippen molar-refractivity contribution in [3.05, 3.63) is 34.5 Å². The van der Waals surface area contributed by atoms with Crippen molar-refractivity contribution in [1.82, 2.24) is 5.32 Å². The van der Waals surface area contributed by atoms with Gasteiger partial charge in [-0.3, -0.25) is 0 Å². The van der Waals surface area contributed by atoms with Gasteiger partial charge in [0.05, 0.1) is 0 Å². The molecule has 0 spiro atoms. The van der Waals surface area contributed by atoms with Crippen LogP contribution in [-0.4, -0.2) is 6.54 Å². The number of hydrogen-bond donors (Lipinski definition) is 1. The van der Waals surface area contributed by atoms with Gasteiger partial charge in [0, 0.05) is 16.1 Å². The van der Waals surface area contributed by atoms with Gasteiger partial charge in [-0.05, 0) is 48.4 Å². The van der Waals surface area contributed by atoms with Crippen LogP contribution in [0.15, 0.2) is 18.2 Å². The molecule has 1 heterocycles. The van der Waals surface area contributed by atoms with Gasteiger partial charge in [0.1, 0.15) is 5.82 Å². The second-order valence-electron chi connectivity index (χ2n) is 5.42. The van der Waals surface area contributed by atoms with Crippen LogP contribution >= 0.6 is 11.3 Å². The Bertz CT molecular complexity index is 545. The van der Waals surface area contributed by atoms with E-state index in [1.807, 2.05) is 6.07 Å². The molecular weight excluding hydrogens is 257 g/mol. The number of halogens is 1. The molecule has 0 radical (unpaired) electrons. The summed E-state index contributed by atoms with van der Waals surface area (Å²) in [5.74, 6) is 0.477. The average molecular weight is 279 g/mol. The highest BCUT2D eigenvalue weighted by Crippen LogP contribution is 2.33. The highest BCUT2D eigenvalue weighted by molar-refractivity contribution is 7.19. The summed E-state index contributed by atoms with van der Waals surface area (Å²) in [5.41, 5.74) is 1.40. The fourth-order valence-corrected chi connectivity index (χ4v) is 3.56. The molecule has 1 aromatic heterocycles. The zero-order chi connectivity index (χ0) is 13.8. The zero-order valence-electron chi connectivity index (χ0n) is 11.9. The Morgan fingerprint density at radius 1 is 1.32 bits per heavy atom. The lowest BCUT2D eigenvalue weighted by Gasteiger charge is -2.08. The Labute approximate surface area is 118 Å². The molecular formula is C16H22FNS. The van der Waals surface area contributed by atoms with Crippen LogP contribution in [0.2, 0.25) is 0 Å². The maximum Gasteiger partial charge on any atom is 0.124 e. The molecule has 0 amide bonds. The van der Waals surface area contributed by atoms with Crippen molar-refractivity contribution < 1.29 is 4.39 Å². The van der Waals surface area contributed by atoms with Gasteiger partial charge in [-0.1, -0.05) is 26.8 Å². The second kappa shape index (κ2) is 6.49. The van der Waals surface area contributed by atoms with Crippen molar-refractivity contribution in [2.45, 2.75) is 40.2 Å². The van der Waals surface area contributed by atoms with E-state index in [1.54, 1.807) is 23.5 Å². The minimum absolute atomic E-state index is 0.141. The Hall–Kier alpha value is -0.930. The summed E-state index contributed by atoms with van der Waals surface area (Å²) in [4.78, 5) is 1.36. The predicted octanol–water partition coefficient (Wildman–Crippen LogP) is 4.74. The first kappa shape index (κ1) is 14.5. The smallest absolute Gasteiger partial charge is 0.124 e. The molecule has 104 valence electrons. The minimum Gasteiger partial charge on any atom is -0.312 e. The molecule has 19 heavy (non-hydrogen) atoms. The molecule has 2 aromatic rings. The van der Waals surface area contributed by atoms with Crippen LogP contribution in [0.4, 0.5) is 4.39 Å². The van der Waals surface area contributed by atoms with Gasteiger partial charge in [0.25, 0.3) is 0 Å². The third kappa shape index (κ3) is 3.54.